The number of hydrogen-bond acceptors (Lipinski definition) is 3. The van der Waals surface area contributed by atoms with Gasteiger partial charge in [-0.05, 0) is 30.4 Å². The van der Waals surface area contributed by atoms with Gasteiger partial charge in [0.2, 0.25) is 5.91 Å². The van der Waals surface area contributed by atoms with E-state index >= 15 is 0 Å². The van der Waals surface area contributed by atoms with Crippen molar-refractivity contribution in [1.29, 1.82) is 0 Å². The summed E-state index contributed by atoms with van der Waals surface area (Å²) in [5.74, 6) is 0.477. The summed E-state index contributed by atoms with van der Waals surface area (Å²) in [5, 5.41) is 12.1. The van der Waals surface area contributed by atoms with Gasteiger partial charge in [-0.3, -0.25) is 9.48 Å². The summed E-state index contributed by atoms with van der Waals surface area (Å²) in [6.07, 6.45) is 1.68. The van der Waals surface area contributed by atoms with E-state index in [1.807, 2.05) is 13.8 Å². The molecule has 0 saturated carbocycles. The van der Waals surface area contributed by atoms with Gasteiger partial charge >= 0.3 is 0 Å². The van der Waals surface area contributed by atoms with Gasteiger partial charge in [0.25, 0.3) is 0 Å². The quantitative estimate of drug-likeness (QED) is 0.694. The maximum Gasteiger partial charge on any atom is 0.247 e. The third-order valence-corrected chi connectivity index (χ3v) is 5.27. The predicted molar refractivity (Wildman–Crippen MR) is 112 cm³/mol. The van der Waals surface area contributed by atoms with Crippen LogP contribution in [0.25, 0.3) is 0 Å². The molecule has 0 unspecified atom stereocenters. The van der Waals surface area contributed by atoms with E-state index < -0.39 is 0 Å². The minimum atomic E-state index is -0.174. The number of nitrogens with one attached hydrogen (secondary N) is 1. The molecule has 0 spiro atoms. The molecule has 3 rings (SSSR count). The Kier molecular flexibility index (Phi) is 5.61. The molecule has 0 bridgehead atoms. The summed E-state index contributed by atoms with van der Waals surface area (Å²) in [5.41, 5.74) is 4.03. The van der Waals surface area contributed by atoms with E-state index in [-0.39, 0.29) is 17.9 Å². The summed E-state index contributed by atoms with van der Waals surface area (Å²) in [4.78, 5) is 12.5. The zero-order chi connectivity index (χ0) is 20.5. The van der Waals surface area contributed by atoms with Gasteiger partial charge in [-0.25, -0.2) is 4.68 Å². The maximum atomic E-state index is 12.5. The van der Waals surface area contributed by atoms with E-state index in [1.54, 1.807) is 21.6 Å². The second-order valence-corrected chi connectivity index (χ2v) is 8.39. The van der Waals surface area contributed by atoms with Crippen LogP contribution in [0.2, 0.25) is 5.02 Å². The third kappa shape index (κ3) is 4.44. The number of aromatic nitrogens is 4. The molecular weight excluding hydrogens is 374 g/mol. The first-order valence-corrected chi connectivity index (χ1v) is 9.63. The van der Waals surface area contributed by atoms with E-state index in [0.29, 0.717) is 17.4 Å². The molecule has 0 aliphatic carbocycles. The molecule has 3 aromatic rings. The van der Waals surface area contributed by atoms with Gasteiger partial charge in [0.05, 0.1) is 29.2 Å². The molecule has 2 aromatic heterocycles. The first-order chi connectivity index (χ1) is 13.1. The van der Waals surface area contributed by atoms with Gasteiger partial charge in [-0.2, -0.15) is 10.2 Å². The van der Waals surface area contributed by atoms with Crippen molar-refractivity contribution in [3.63, 3.8) is 0 Å². The van der Waals surface area contributed by atoms with Crippen LogP contribution in [0.5, 0.6) is 0 Å². The van der Waals surface area contributed by atoms with Crippen molar-refractivity contribution in [1.82, 2.24) is 19.6 Å². The number of benzene rings is 1. The Hall–Kier alpha value is -2.60. The average Bonchev–Trinajstić information content (AvgIpc) is 3.14. The largest absolute Gasteiger partial charge is 0.309 e. The van der Waals surface area contributed by atoms with Crippen LogP contribution in [0.3, 0.4) is 0 Å². The molecular formula is C21H26ClN5O. The van der Waals surface area contributed by atoms with E-state index in [2.05, 4.69) is 60.6 Å². The smallest absolute Gasteiger partial charge is 0.247 e. The molecule has 7 heteroatoms. The number of anilines is 1. The first kappa shape index (κ1) is 20.1. The summed E-state index contributed by atoms with van der Waals surface area (Å²) in [6, 6.07) is 10.3. The summed E-state index contributed by atoms with van der Waals surface area (Å²) >= 11 is 6.15. The normalized spacial score (nSPS) is 11.6. The standard InChI is InChI=1S/C21H26ClN5O/c1-14-20(22)15(2)26(25-14)13-19(28)24-18-10-11-23-27(18)12-16-6-8-17(9-7-16)21(3,4)5/h6-11H,12-13H2,1-5H3,(H,24,28). The average molecular weight is 400 g/mol. The Bertz CT molecular complexity index is 979. The number of amides is 1. The van der Waals surface area contributed by atoms with E-state index in [0.717, 1.165) is 17.0 Å². The Morgan fingerprint density at radius 2 is 1.79 bits per heavy atom. The van der Waals surface area contributed by atoms with E-state index in [4.69, 9.17) is 11.6 Å². The molecule has 6 nitrogen and oxygen atoms in total. The van der Waals surface area contributed by atoms with Crippen LogP contribution in [0.4, 0.5) is 5.82 Å². The fraction of sp³-hybridized carbons (Fsp3) is 0.381. The predicted octanol–water partition coefficient (Wildman–Crippen LogP) is 4.33. The van der Waals surface area contributed by atoms with Crippen LogP contribution in [0, 0.1) is 13.8 Å². The molecule has 148 valence electrons. The van der Waals surface area contributed by atoms with Crippen LogP contribution in [-0.2, 0) is 23.3 Å². The number of carbonyl (C=O) groups excluding carboxylic acids is 1. The molecule has 0 atom stereocenters. The minimum absolute atomic E-state index is 0.102. The number of rotatable bonds is 5. The fourth-order valence-electron chi connectivity index (χ4n) is 3.00. The highest BCUT2D eigenvalue weighted by atomic mass is 35.5. The molecule has 1 N–H and O–H groups in total. The number of halogens is 1. The zero-order valence-electron chi connectivity index (χ0n) is 17.0. The highest BCUT2D eigenvalue weighted by Gasteiger charge is 2.15. The molecule has 0 fully saturated rings. The molecule has 2 heterocycles. The van der Waals surface area contributed by atoms with Crippen molar-refractivity contribution >= 4 is 23.3 Å². The lowest BCUT2D eigenvalue weighted by molar-refractivity contribution is -0.117. The fourth-order valence-corrected chi connectivity index (χ4v) is 3.13. The van der Waals surface area contributed by atoms with Crippen LogP contribution >= 0.6 is 11.6 Å². The Balaban J connectivity index is 1.68. The number of nitrogens with zero attached hydrogens (tertiary/aromatic N) is 4. The Morgan fingerprint density at radius 1 is 1.11 bits per heavy atom. The third-order valence-electron chi connectivity index (χ3n) is 4.72. The number of aryl methyl sites for hydroxylation is 1. The van der Waals surface area contributed by atoms with Crippen molar-refractivity contribution in [3.8, 4) is 0 Å². The van der Waals surface area contributed by atoms with Gasteiger partial charge in [-0.1, -0.05) is 56.6 Å². The molecule has 0 aliphatic rings. The van der Waals surface area contributed by atoms with Crippen LogP contribution in [-0.4, -0.2) is 25.5 Å². The van der Waals surface area contributed by atoms with Crippen LogP contribution in [0.1, 0.15) is 43.3 Å². The minimum Gasteiger partial charge on any atom is -0.309 e. The highest BCUT2D eigenvalue weighted by Crippen LogP contribution is 2.23. The van der Waals surface area contributed by atoms with Gasteiger partial charge in [0, 0.05) is 6.07 Å². The van der Waals surface area contributed by atoms with Gasteiger partial charge in [0.1, 0.15) is 12.4 Å². The SMILES string of the molecule is Cc1nn(CC(=O)Nc2ccnn2Cc2ccc(C(C)(C)C)cc2)c(C)c1Cl. The van der Waals surface area contributed by atoms with Crippen molar-refractivity contribution < 1.29 is 4.79 Å². The van der Waals surface area contributed by atoms with Crippen molar-refractivity contribution in [2.45, 2.75) is 53.1 Å². The van der Waals surface area contributed by atoms with Crippen LogP contribution < -0.4 is 5.32 Å². The maximum absolute atomic E-state index is 12.5. The molecule has 28 heavy (non-hydrogen) atoms. The van der Waals surface area contributed by atoms with Crippen molar-refractivity contribution in [2.24, 2.45) is 0 Å². The lowest BCUT2D eigenvalue weighted by atomic mass is 9.87. The second kappa shape index (κ2) is 7.80. The van der Waals surface area contributed by atoms with E-state index in [9.17, 15) is 4.79 Å². The highest BCUT2D eigenvalue weighted by molar-refractivity contribution is 6.31. The number of hydrogen-bond donors (Lipinski definition) is 1. The van der Waals surface area contributed by atoms with Crippen LogP contribution in [0.15, 0.2) is 36.5 Å². The van der Waals surface area contributed by atoms with E-state index in [1.165, 1.54) is 5.56 Å². The van der Waals surface area contributed by atoms with Gasteiger partial charge < -0.3 is 5.32 Å². The molecule has 0 radical (unpaired) electrons. The lowest BCUT2D eigenvalue weighted by Crippen LogP contribution is -2.22. The first-order valence-electron chi connectivity index (χ1n) is 9.26. The molecule has 0 saturated heterocycles. The molecule has 1 aromatic carbocycles. The topological polar surface area (TPSA) is 64.7 Å². The van der Waals surface area contributed by atoms with Gasteiger partial charge in [-0.15, -0.1) is 0 Å². The lowest BCUT2D eigenvalue weighted by Gasteiger charge is -2.19. The summed E-state index contributed by atoms with van der Waals surface area (Å²) in [7, 11) is 0. The summed E-state index contributed by atoms with van der Waals surface area (Å²) < 4.78 is 3.39. The van der Waals surface area contributed by atoms with Gasteiger partial charge in [0.15, 0.2) is 0 Å². The summed E-state index contributed by atoms with van der Waals surface area (Å²) in [6.45, 7) is 10.9. The Labute approximate surface area is 170 Å². The molecule has 0 aliphatic heterocycles. The van der Waals surface area contributed by atoms with Crippen molar-refractivity contribution in [2.75, 3.05) is 5.32 Å². The zero-order valence-corrected chi connectivity index (χ0v) is 17.7. The Morgan fingerprint density at radius 3 is 2.36 bits per heavy atom. The molecule has 1 amide bonds. The monoisotopic (exact) mass is 399 g/mol. The number of carbonyl (C=O) groups is 1. The second-order valence-electron chi connectivity index (χ2n) is 8.01. The van der Waals surface area contributed by atoms with Crippen molar-refractivity contribution in [3.05, 3.63) is 64.1 Å².